The number of carbonyl (C=O) groups excluding carboxylic acids is 2. The molecule has 1 fully saturated rings. The quantitative estimate of drug-likeness (QED) is 0.734. The highest BCUT2D eigenvalue weighted by molar-refractivity contribution is 7.07. The van der Waals surface area contributed by atoms with Gasteiger partial charge >= 0.3 is 11.8 Å². The molecule has 1 aliphatic carbocycles. The number of carbonyl (C=O) groups is 2. The van der Waals surface area contributed by atoms with E-state index >= 15 is 0 Å². The van der Waals surface area contributed by atoms with Gasteiger partial charge in [-0.05, 0) is 35.2 Å². The Labute approximate surface area is 122 Å². The van der Waals surface area contributed by atoms with Crippen LogP contribution in [0.25, 0.3) is 0 Å². The predicted molar refractivity (Wildman–Crippen MR) is 77.3 cm³/mol. The van der Waals surface area contributed by atoms with Crippen molar-refractivity contribution >= 4 is 23.2 Å². The lowest BCUT2D eigenvalue weighted by Crippen LogP contribution is -2.46. The van der Waals surface area contributed by atoms with Crippen LogP contribution in [-0.2, 0) is 9.59 Å². The van der Waals surface area contributed by atoms with Crippen LogP contribution in [0.1, 0.15) is 43.8 Å². The molecular formula is C14H20N2O3S. The van der Waals surface area contributed by atoms with Crippen LogP contribution in [0, 0.1) is 0 Å². The second-order valence-electron chi connectivity index (χ2n) is 5.09. The summed E-state index contributed by atoms with van der Waals surface area (Å²) < 4.78 is 0. The maximum atomic E-state index is 11.7. The van der Waals surface area contributed by atoms with Gasteiger partial charge in [-0.3, -0.25) is 9.59 Å². The minimum absolute atomic E-state index is 0.0493. The molecule has 0 aliphatic heterocycles. The lowest BCUT2D eigenvalue weighted by Gasteiger charge is -2.22. The van der Waals surface area contributed by atoms with Gasteiger partial charge < -0.3 is 15.7 Å². The summed E-state index contributed by atoms with van der Waals surface area (Å²) in [5.41, 5.74) is 0.753. The molecule has 0 spiro atoms. The van der Waals surface area contributed by atoms with E-state index in [0.717, 1.165) is 31.2 Å². The Kier molecular flexibility index (Phi) is 5.55. The average Bonchev–Trinajstić information content (AvgIpc) is 2.99. The number of thiophene rings is 1. The zero-order chi connectivity index (χ0) is 14.4. The fourth-order valence-corrected chi connectivity index (χ4v) is 3.06. The zero-order valence-electron chi connectivity index (χ0n) is 11.3. The van der Waals surface area contributed by atoms with E-state index in [0.29, 0.717) is 0 Å². The summed E-state index contributed by atoms with van der Waals surface area (Å²) in [6, 6.07) is 1.91. The number of hydrogen-bond acceptors (Lipinski definition) is 4. The van der Waals surface area contributed by atoms with E-state index in [1.165, 1.54) is 17.8 Å². The van der Waals surface area contributed by atoms with Gasteiger partial charge in [0.05, 0.1) is 6.10 Å². The number of hydrogen-bond donors (Lipinski definition) is 3. The third kappa shape index (κ3) is 4.31. The molecule has 3 N–H and O–H groups in total. The van der Waals surface area contributed by atoms with Gasteiger partial charge in [-0.25, -0.2) is 0 Å². The fraction of sp³-hybridized carbons (Fsp3) is 0.571. The zero-order valence-corrected chi connectivity index (χ0v) is 12.1. The summed E-state index contributed by atoms with van der Waals surface area (Å²) in [6.07, 6.45) is 4.51. The molecule has 0 bridgehead atoms. The molecule has 6 heteroatoms. The maximum Gasteiger partial charge on any atom is 0.309 e. The van der Waals surface area contributed by atoms with Crippen LogP contribution in [0.3, 0.4) is 0 Å². The third-order valence-electron chi connectivity index (χ3n) is 3.53. The highest BCUT2D eigenvalue weighted by Crippen LogP contribution is 2.17. The smallest absolute Gasteiger partial charge is 0.309 e. The Bertz CT molecular complexity index is 441. The van der Waals surface area contributed by atoms with E-state index in [1.54, 1.807) is 6.07 Å². The maximum absolute atomic E-state index is 11.7. The Morgan fingerprint density at radius 1 is 1.30 bits per heavy atom. The van der Waals surface area contributed by atoms with Gasteiger partial charge in [-0.2, -0.15) is 11.3 Å². The molecule has 1 saturated carbocycles. The average molecular weight is 296 g/mol. The molecule has 1 aromatic heterocycles. The van der Waals surface area contributed by atoms with Crippen LogP contribution < -0.4 is 10.6 Å². The largest absolute Gasteiger partial charge is 0.387 e. The summed E-state index contributed by atoms with van der Waals surface area (Å²) in [4.78, 5) is 23.4. The first-order valence-electron chi connectivity index (χ1n) is 6.95. The molecule has 1 aromatic rings. The SMILES string of the molecule is O=C(NCC(O)c1ccsc1)C(=O)NC1CCCCC1. The van der Waals surface area contributed by atoms with E-state index in [9.17, 15) is 14.7 Å². The van der Waals surface area contributed by atoms with Gasteiger partial charge in [-0.1, -0.05) is 19.3 Å². The number of aliphatic hydroxyl groups excluding tert-OH is 1. The Hall–Kier alpha value is -1.40. The highest BCUT2D eigenvalue weighted by atomic mass is 32.1. The molecular weight excluding hydrogens is 276 g/mol. The molecule has 0 radical (unpaired) electrons. The minimum atomic E-state index is -0.771. The van der Waals surface area contributed by atoms with Crippen molar-refractivity contribution in [1.29, 1.82) is 0 Å². The number of aliphatic hydroxyl groups is 1. The van der Waals surface area contributed by atoms with Gasteiger partial charge in [0.1, 0.15) is 0 Å². The lowest BCUT2D eigenvalue weighted by molar-refractivity contribution is -0.140. The normalized spacial score (nSPS) is 17.4. The molecule has 2 rings (SSSR count). The summed E-state index contributed by atoms with van der Waals surface area (Å²) in [5, 5.41) is 18.7. The molecule has 0 aromatic carbocycles. The van der Waals surface area contributed by atoms with Gasteiger partial charge in [0.2, 0.25) is 0 Å². The van der Waals surface area contributed by atoms with Gasteiger partial charge in [0.15, 0.2) is 0 Å². The van der Waals surface area contributed by atoms with Crippen molar-refractivity contribution in [3.63, 3.8) is 0 Å². The number of rotatable bonds is 4. The molecule has 1 aliphatic rings. The van der Waals surface area contributed by atoms with Crippen LogP contribution in [0.2, 0.25) is 0 Å². The molecule has 110 valence electrons. The highest BCUT2D eigenvalue weighted by Gasteiger charge is 2.20. The molecule has 2 amide bonds. The van der Waals surface area contributed by atoms with E-state index in [4.69, 9.17) is 0 Å². The summed E-state index contributed by atoms with van der Waals surface area (Å²) in [6.45, 7) is 0.0493. The summed E-state index contributed by atoms with van der Waals surface area (Å²) in [5.74, 6) is -1.28. The van der Waals surface area contributed by atoms with Crippen LogP contribution in [0.5, 0.6) is 0 Å². The Balaban J connectivity index is 1.72. The molecule has 1 unspecified atom stereocenters. The first-order valence-corrected chi connectivity index (χ1v) is 7.90. The topological polar surface area (TPSA) is 78.4 Å². The van der Waals surface area contributed by atoms with Crippen molar-refractivity contribution in [2.45, 2.75) is 44.2 Å². The first kappa shape index (κ1) is 15.0. The van der Waals surface area contributed by atoms with Crippen LogP contribution in [-0.4, -0.2) is 29.5 Å². The second-order valence-corrected chi connectivity index (χ2v) is 5.87. The molecule has 5 nitrogen and oxygen atoms in total. The van der Waals surface area contributed by atoms with E-state index in [-0.39, 0.29) is 12.6 Å². The predicted octanol–water partition coefficient (Wildman–Crippen LogP) is 1.35. The second kappa shape index (κ2) is 7.40. The molecule has 20 heavy (non-hydrogen) atoms. The Morgan fingerprint density at radius 3 is 2.70 bits per heavy atom. The fourth-order valence-electron chi connectivity index (χ4n) is 2.35. The van der Waals surface area contributed by atoms with Gasteiger partial charge in [0.25, 0.3) is 0 Å². The first-order chi connectivity index (χ1) is 9.66. The number of nitrogens with one attached hydrogen (secondary N) is 2. The van der Waals surface area contributed by atoms with Gasteiger partial charge in [-0.15, -0.1) is 0 Å². The molecule has 1 atom stereocenters. The van der Waals surface area contributed by atoms with E-state index in [1.807, 2.05) is 10.8 Å². The van der Waals surface area contributed by atoms with Crippen molar-refractivity contribution in [3.8, 4) is 0 Å². The van der Waals surface area contributed by atoms with Crippen molar-refractivity contribution in [3.05, 3.63) is 22.4 Å². The standard InChI is InChI=1S/C14H20N2O3S/c17-12(10-6-7-20-9-10)8-15-13(18)14(19)16-11-4-2-1-3-5-11/h6-7,9,11-12,17H,1-5,8H2,(H,15,18)(H,16,19). The van der Waals surface area contributed by atoms with Crippen molar-refractivity contribution in [2.24, 2.45) is 0 Å². The van der Waals surface area contributed by atoms with Crippen molar-refractivity contribution in [2.75, 3.05) is 6.54 Å². The number of amides is 2. The van der Waals surface area contributed by atoms with Crippen LogP contribution in [0.15, 0.2) is 16.8 Å². The summed E-state index contributed by atoms with van der Waals surface area (Å²) >= 11 is 1.48. The third-order valence-corrected chi connectivity index (χ3v) is 4.23. The van der Waals surface area contributed by atoms with E-state index in [2.05, 4.69) is 10.6 Å². The molecule has 1 heterocycles. The molecule has 0 saturated heterocycles. The van der Waals surface area contributed by atoms with Crippen LogP contribution >= 0.6 is 11.3 Å². The van der Waals surface area contributed by atoms with Crippen molar-refractivity contribution < 1.29 is 14.7 Å². The summed E-state index contributed by atoms with van der Waals surface area (Å²) in [7, 11) is 0. The van der Waals surface area contributed by atoms with Crippen LogP contribution in [0.4, 0.5) is 0 Å². The lowest BCUT2D eigenvalue weighted by atomic mass is 9.95. The Morgan fingerprint density at radius 2 is 2.05 bits per heavy atom. The van der Waals surface area contributed by atoms with Gasteiger partial charge in [0, 0.05) is 12.6 Å². The monoisotopic (exact) mass is 296 g/mol. The van der Waals surface area contributed by atoms with E-state index < -0.39 is 17.9 Å². The minimum Gasteiger partial charge on any atom is -0.387 e. The van der Waals surface area contributed by atoms with Crippen molar-refractivity contribution in [1.82, 2.24) is 10.6 Å².